The number of rotatable bonds is 7. The van der Waals surface area contributed by atoms with Crippen LogP contribution in [0.4, 0.5) is 0 Å². The molecule has 0 heterocycles. The third-order valence-corrected chi connectivity index (χ3v) is 5.58. The summed E-state index contributed by atoms with van der Waals surface area (Å²) in [5.74, 6) is 0. The molecule has 0 saturated heterocycles. The van der Waals surface area contributed by atoms with Gasteiger partial charge in [0.15, 0.2) is 0 Å². The summed E-state index contributed by atoms with van der Waals surface area (Å²) in [5, 5.41) is 1.13. The Morgan fingerprint density at radius 3 is 2.53 bits per heavy atom. The molecule has 0 fully saturated rings. The van der Waals surface area contributed by atoms with Crippen LogP contribution in [0.5, 0.6) is 0 Å². The van der Waals surface area contributed by atoms with Gasteiger partial charge in [-0.05, 0) is 24.6 Å². The van der Waals surface area contributed by atoms with E-state index in [1.807, 2.05) is 6.92 Å². The van der Waals surface area contributed by atoms with Crippen LogP contribution in [0.15, 0.2) is 23.1 Å². The van der Waals surface area contributed by atoms with Crippen LogP contribution in [0.3, 0.4) is 0 Å². The van der Waals surface area contributed by atoms with Crippen LogP contribution in [-0.2, 0) is 10.0 Å². The highest BCUT2D eigenvalue weighted by molar-refractivity contribution is 9.09. The van der Waals surface area contributed by atoms with Gasteiger partial charge in [0.05, 0.1) is 5.02 Å². The van der Waals surface area contributed by atoms with Crippen LogP contribution in [0, 0.1) is 0 Å². The van der Waals surface area contributed by atoms with Gasteiger partial charge in [0, 0.05) is 23.4 Å². The van der Waals surface area contributed by atoms with Crippen LogP contribution in [0.1, 0.15) is 19.8 Å². The van der Waals surface area contributed by atoms with Crippen molar-refractivity contribution in [2.45, 2.75) is 24.7 Å². The van der Waals surface area contributed by atoms with Crippen molar-refractivity contribution in [3.63, 3.8) is 0 Å². The Bertz CT molecular complexity index is 522. The maximum Gasteiger partial charge on any atom is 0.244 e. The second-order valence-corrected chi connectivity index (χ2v) is 7.56. The minimum absolute atomic E-state index is 0.0683. The lowest BCUT2D eigenvalue weighted by molar-refractivity contribution is 0.422. The number of unbranched alkanes of at least 4 members (excludes halogenated alkanes) is 1. The largest absolute Gasteiger partial charge is 0.244 e. The average Bonchev–Trinajstić information content (AvgIpc) is 2.37. The smallest absolute Gasteiger partial charge is 0.207 e. The average molecular weight is 389 g/mol. The van der Waals surface area contributed by atoms with Crippen LogP contribution in [-0.4, -0.2) is 31.1 Å². The Balaban J connectivity index is 3.14. The molecule has 0 unspecified atom stereocenters. The number of hydrogen-bond acceptors (Lipinski definition) is 2. The molecule has 3 nitrogen and oxygen atoms in total. The Labute approximate surface area is 133 Å². The van der Waals surface area contributed by atoms with Gasteiger partial charge in [-0.3, -0.25) is 0 Å². The summed E-state index contributed by atoms with van der Waals surface area (Å²) in [6, 6.07) is 4.47. The quantitative estimate of drug-likeness (QED) is 0.657. The molecule has 0 saturated carbocycles. The molecule has 1 aromatic carbocycles. The second-order valence-electron chi connectivity index (χ2n) is 4.02. The van der Waals surface area contributed by atoms with E-state index in [1.54, 1.807) is 6.07 Å². The third-order valence-electron chi connectivity index (χ3n) is 2.61. The van der Waals surface area contributed by atoms with Gasteiger partial charge >= 0.3 is 0 Å². The topological polar surface area (TPSA) is 37.4 Å². The maximum absolute atomic E-state index is 12.6. The number of alkyl halides is 1. The summed E-state index contributed by atoms with van der Waals surface area (Å²) >= 11 is 15.1. The van der Waals surface area contributed by atoms with Gasteiger partial charge in [-0.1, -0.05) is 52.5 Å². The lowest BCUT2D eigenvalue weighted by Gasteiger charge is -2.21. The third kappa shape index (κ3) is 4.60. The summed E-state index contributed by atoms with van der Waals surface area (Å²) in [5.41, 5.74) is 0. The molecule has 1 aromatic rings. The number of benzene rings is 1. The first-order chi connectivity index (χ1) is 8.93. The molecule has 0 aliphatic rings. The Kier molecular flexibility index (Phi) is 7.11. The Morgan fingerprint density at radius 2 is 1.95 bits per heavy atom. The standard InChI is InChI=1S/C12H16BrCl2NO2S/c1-2-3-7-16(8-6-13)19(17,18)12-9-10(14)4-5-11(12)15/h4-5,9H,2-3,6-8H2,1H3. The van der Waals surface area contributed by atoms with Gasteiger partial charge in [-0.25, -0.2) is 8.42 Å². The zero-order valence-corrected chi connectivity index (χ0v) is 14.5. The van der Waals surface area contributed by atoms with E-state index in [9.17, 15) is 8.42 Å². The van der Waals surface area contributed by atoms with Crippen molar-refractivity contribution in [2.24, 2.45) is 0 Å². The molecule has 0 amide bonds. The summed E-state index contributed by atoms with van der Waals surface area (Å²) in [6.45, 7) is 2.91. The fourth-order valence-electron chi connectivity index (χ4n) is 1.59. The van der Waals surface area contributed by atoms with Crippen LogP contribution in [0.2, 0.25) is 10.0 Å². The van der Waals surface area contributed by atoms with E-state index in [1.165, 1.54) is 16.4 Å². The molecule has 108 valence electrons. The summed E-state index contributed by atoms with van der Waals surface area (Å²) < 4.78 is 26.6. The molecule has 0 bridgehead atoms. The normalized spacial score (nSPS) is 12.1. The first kappa shape index (κ1) is 17.2. The zero-order chi connectivity index (χ0) is 14.5. The van der Waals surface area contributed by atoms with E-state index < -0.39 is 10.0 Å². The maximum atomic E-state index is 12.6. The van der Waals surface area contributed by atoms with E-state index in [0.717, 1.165) is 12.8 Å². The van der Waals surface area contributed by atoms with Gasteiger partial charge in [-0.2, -0.15) is 4.31 Å². The van der Waals surface area contributed by atoms with Crippen molar-refractivity contribution in [1.29, 1.82) is 0 Å². The first-order valence-corrected chi connectivity index (χ1v) is 9.26. The van der Waals surface area contributed by atoms with Gasteiger partial charge in [0.1, 0.15) is 4.90 Å². The molecule has 0 spiro atoms. The minimum Gasteiger partial charge on any atom is -0.207 e. The number of halogens is 3. The van der Waals surface area contributed by atoms with Crippen molar-refractivity contribution in [2.75, 3.05) is 18.4 Å². The molecule has 0 N–H and O–H groups in total. The summed E-state index contributed by atoms with van der Waals surface area (Å²) in [7, 11) is -3.60. The van der Waals surface area contributed by atoms with Gasteiger partial charge in [0.2, 0.25) is 10.0 Å². The number of nitrogens with zero attached hydrogens (tertiary/aromatic N) is 1. The molecule has 0 aliphatic heterocycles. The van der Waals surface area contributed by atoms with Crippen molar-refractivity contribution in [1.82, 2.24) is 4.31 Å². The highest BCUT2D eigenvalue weighted by Gasteiger charge is 2.26. The van der Waals surface area contributed by atoms with Crippen molar-refractivity contribution >= 4 is 49.2 Å². The molecule has 19 heavy (non-hydrogen) atoms. The van der Waals surface area contributed by atoms with E-state index >= 15 is 0 Å². The fourth-order valence-corrected chi connectivity index (χ4v) is 4.47. The zero-order valence-electron chi connectivity index (χ0n) is 10.6. The van der Waals surface area contributed by atoms with E-state index in [2.05, 4.69) is 15.9 Å². The minimum atomic E-state index is -3.60. The lowest BCUT2D eigenvalue weighted by atomic mass is 10.3. The van der Waals surface area contributed by atoms with Gasteiger partial charge in [-0.15, -0.1) is 0 Å². The first-order valence-electron chi connectivity index (χ1n) is 5.94. The number of sulfonamides is 1. The van der Waals surface area contributed by atoms with E-state index in [-0.39, 0.29) is 9.92 Å². The van der Waals surface area contributed by atoms with Crippen LogP contribution < -0.4 is 0 Å². The predicted molar refractivity (Wildman–Crippen MR) is 83.9 cm³/mol. The van der Waals surface area contributed by atoms with E-state index in [4.69, 9.17) is 23.2 Å². The number of hydrogen-bond donors (Lipinski definition) is 0. The molecule has 1 rings (SSSR count). The highest BCUT2D eigenvalue weighted by Crippen LogP contribution is 2.27. The van der Waals surface area contributed by atoms with Crippen molar-refractivity contribution in [3.8, 4) is 0 Å². The van der Waals surface area contributed by atoms with Gasteiger partial charge in [0.25, 0.3) is 0 Å². The summed E-state index contributed by atoms with van der Waals surface area (Å²) in [6.07, 6.45) is 1.74. The molecular formula is C12H16BrCl2NO2S. The van der Waals surface area contributed by atoms with Crippen LogP contribution >= 0.6 is 39.1 Å². The predicted octanol–water partition coefficient (Wildman–Crippen LogP) is 4.18. The second kappa shape index (κ2) is 7.84. The molecule has 0 atom stereocenters. The molecule has 0 aromatic heterocycles. The fraction of sp³-hybridized carbons (Fsp3) is 0.500. The van der Waals surface area contributed by atoms with Crippen molar-refractivity contribution < 1.29 is 8.42 Å². The van der Waals surface area contributed by atoms with Crippen LogP contribution in [0.25, 0.3) is 0 Å². The molecular weight excluding hydrogens is 373 g/mol. The lowest BCUT2D eigenvalue weighted by Crippen LogP contribution is -2.33. The molecule has 0 radical (unpaired) electrons. The van der Waals surface area contributed by atoms with E-state index in [0.29, 0.717) is 23.4 Å². The SMILES string of the molecule is CCCCN(CCBr)S(=O)(=O)c1cc(Cl)ccc1Cl. The monoisotopic (exact) mass is 387 g/mol. The highest BCUT2D eigenvalue weighted by atomic mass is 79.9. The molecule has 0 aliphatic carbocycles. The van der Waals surface area contributed by atoms with Gasteiger partial charge < -0.3 is 0 Å². The Morgan fingerprint density at radius 1 is 1.26 bits per heavy atom. The Hall–Kier alpha value is 0.190. The molecule has 7 heteroatoms. The summed E-state index contributed by atoms with van der Waals surface area (Å²) in [4.78, 5) is 0.0683. The van der Waals surface area contributed by atoms with Crippen molar-refractivity contribution in [3.05, 3.63) is 28.2 Å².